The Bertz CT molecular complexity index is 741. The summed E-state index contributed by atoms with van der Waals surface area (Å²) in [6, 6.07) is 4.34. The lowest BCUT2D eigenvalue weighted by Crippen LogP contribution is -2.57. The van der Waals surface area contributed by atoms with Gasteiger partial charge in [-0.1, -0.05) is 17.7 Å². The number of aliphatic imine (C=N–C) groups is 1. The van der Waals surface area contributed by atoms with Gasteiger partial charge in [0.1, 0.15) is 5.82 Å². The molecule has 9 heteroatoms. The molecule has 1 aliphatic rings. The first kappa shape index (κ1) is 22.4. The molecule has 0 aromatic heterocycles. The molecule has 0 bridgehead atoms. The number of nitrogens with one attached hydrogen (secondary N) is 1. The summed E-state index contributed by atoms with van der Waals surface area (Å²) in [6.45, 7) is 4.86. The van der Waals surface area contributed by atoms with E-state index in [2.05, 4.69) is 10.3 Å². The lowest BCUT2D eigenvalue weighted by molar-refractivity contribution is 0.353. The molecule has 1 aliphatic heterocycles. The molecular weight excluding hydrogens is 480 g/mol. The Labute approximate surface area is 171 Å². The largest absolute Gasteiger partial charge is 0.356 e. The second-order valence-corrected chi connectivity index (χ2v) is 9.61. The van der Waals surface area contributed by atoms with Crippen molar-refractivity contribution in [1.82, 2.24) is 10.2 Å². The second kappa shape index (κ2) is 8.85. The van der Waals surface area contributed by atoms with E-state index in [1.165, 1.54) is 12.1 Å². The van der Waals surface area contributed by atoms with Crippen LogP contribution in [0.25, 0.3) is 0 Å². The Hall–Kier alpha value is -0.610. The average molecular weight is 504 g/mol. The van der Waals surface area contributed by atoms with Crippen LogP contribution < -0.4 is 5.32 Å². The van der Waals surface area contributed by atoms with Crippen molar-refractivity contribution in [2.24, 2.45) is 4.99 Å². The fourth-order valence-corrected chi connectivity index (χ4v) is 4.32. The van der Waals surface area contributed by atoms with Crippen LogP contribution in [0.5, 0.6) is 0 Å². The summed E-state index contributed by atoms with van der Waals surface area (Å²) in [5, 5.41) is 3.62. The molecule has 0 unspecified atom stereocenters. The quantitative estimate of drug-likeness (QED) is 0.391. The number of sulfone groups is 1. The lowest BCUT2D eigenvalue weighted by Gasteiger charge is -2.39. The first-order valence-corrected chi connectivity index (χ1v) is 9.81. The van der Waals surface area contributed by atoms with Crippen LogP contribution in [0.1, 0.15) is 19.4 Å². The molecule has 0 amide bonds. The van der Waals surface area contributed by atoms with Crippen molar-refractivity contribution in [3.05, 3.63) is 34.6 Å². The van der Waals surface area contributed by atoms with E-state index in [-0.39, 0.29) is 35.5 Å². The lowest BCUT2D eigenvalue weighted by atomic mass is 10.1. The fourth-order valence-electron chi connectivity index (χ4n) is 2.69. The van der Waals surface area contributed by atoms with Gasteiger partial charge in [0.15, 0.2) is 15.8 Å². The molecule has 0 spiro atoms. The van der Waals surface area contributed by atoms with Gasteiger partial charge in [0.2, 0.25) is 0 Å². The Morgan fingerprint density at radius 3 is 2.68 bits per heavy atom. The van der Waals surface area contributed by atoms with Crippen LogP contribution in [0.2, 0.25) is 5.02 Å². The van der Waals surface area contributed by atoms with E-state index < -0.39 is 14.6 Å². The minimum Gasteiger partial charge on any atom is -0.356 e. The molecule has 0 radical (unpaired) electrons. The summed E-state index contributed by atoms with van der Waals surface area (Å²) >= 11 is 6.02. The molecule has 1 fully saturated rings. The molecule has 0 atom stereocenters. The predicted octanol–water partition coefficient (Wildman–Crippen LogP) is 2.72. The van der Waals surface area contributed by atoms with Crippen molar-refractivity contribution in [3.63, 3.8) is 0 Å². The highest BCUT2D eigenvalue weighted by atomic mass is 127. The summed E-state index contributed by atoms with van der Waals surface area (Å²) in [5.74, 6) is 0.422. The maximum Gasteiger partial charge on any atom is 0.193 e. The molecule has 2 rings (SSSR count). The van der Waals surface area contributed by atoms with Crippen molar-refractivity contribution < 1.29 is 12.8 Å². The SMILES string of the molecule is CN=C(NCCc1ccc(F)cc1Cl)N1CCS(=O)(=O)C(C)(C)C1.I. The van der Waals surface area contributed by atoms with Crippen LogP contribution >= 0.6 is 35.6 Å². The smallest absolute Gasteiger partial charge is 0.193 e. The highest BCUT2D eigenvalue weighted by Gasteiger charge is 2.40. The molecule has 25 heavy (non-hydrogen) atoms. The molecule has 1 saturated heterocycles. The zero-order valence-corrected chi connectivity index (χ0v) is 18.5. The van der Waals surface area contributed by atoms with E-state index >= 15 is 0 Å². The number of rotatable bonds is 3. The van der Waals surface area contributed by atoms with Gasteiger partial charge < -0.3 is 10.2 Å². The molecular formula is C16H24ClFIN3O2S. The second-order valence-electron chi connectivity index (χ2n) is 6.46. The third-order valence-corrected chi connectivity index (χ3v) is 7.13. The average Bonchev–Trinajstić information content (AvgIpc) is 2.49. The van der Waals surface area contributed by atoms with Crippen molar-refractivity contribution >= 4 is 51.4 Å². The van der Waals surface area contributed by atoms with E-state index in [1.54, 1.807) is 27.0 Å². The van der Waals surface area contributed by atoms with Crippen LogP contribution in [-0.2, 0) is 16.3 Å². The zero-order chi connectivity index (χ0) is 18.0. The normalized spacial score (nSPS) is 19.2. The molecule has 1 N–H and O–H groups in total. The highest BCUT2D eigenvalue weighted by molar-refractivity contribution is 14.0. The molecule has 142 valence electrons. The standard InChI is InChI=1S/C16H23ClFN3O2S.HI/c1-16(2)11-21(8-9-24(16,22)23)15(19-3)20-7-6-12-4-5-13(18)10-14(12)17;/h4-5,10H,6-9,11H2,1-3H3,(H,19,20);1H. The van der Waals surface area contributed by atoms with Crippen LogP contribution in [0.3, 0.4) is 0 Å². The number of hydrogen-bond donors (Lipinski definition) is 1. The first-order chi connectivity index (χ1) is 11.2. The Morgan fingerprint density at radius 1 is 1.44 bits per heavy atom. The maximum absolute atomic E-state index is 13.1. The topological polar surface area (TPSA) is 61.8 Å². The van der Waals surface area contributed by atoms with Crippen LogP contribution in [-0.4, -0.2) is 56.5 Å². The Balaban J connectivity index is 0.00000312. The van der Waals surface area contributed by atoms with E-state index in [4.69, 9.17) is 11.6 Å². The van der Waals surface area contributed by atoms with Gasteiger partial charge in [0.05, 0.1) is 10.5 Å². The highest BCUT2D eigenvalue weighted by Crippen LogP contribution is 2.23. The first-order valence-electron chi connectivity index (χ1n) is 7.78. The summed E-state index contributed by atoms with van der Waals surface area (Å²) in [4.78, 5) is 6.19. The van der Waals surface area contributed by atoms with Crippen molar-refractivity contribution in [1.29, 1.82) is 0 Å². The minimum absolute atomic E-state index is 0. The van der Waals surface area contributed by atoms with Crippen LogP contribution in [0.4, 0.5) is 4.39 Å². The molecule has 1 heterocycles. The van der Waals surface area contributed by atoms with Gasteiger partial charge in [-0.25, -0.2) is 12.8 Å². The van der Waals surface area contributed by atoms with E-state index in [9.17, 15) is 12.8 Å². The van der Waals surface area contributed by atoms with E-state index in [0.29, 0.717) is 37.0 Å². The third kappa shape index (κ3) is 5.43. The molecule has 1 aromatic rings. The van der Waals surface area contributed by atoms with E-state index in [0.717, 1.165) is 5.56 Å². The maximum atomic E-state index is 13.1. The number of hydrogen-bond acceptors (Lipinski definition) is 3. The van der Waals surface area contributed by atoms with Gasteiger partial charge >= 0.3 is 0 Å². The number of nitrogens with zero attached hydrogens (tertiary/aromatic N) is 2. The van der Waals surface area contributed by atoms with Crippen molar-refractivity contribution in [2.45, 2.75) is 25.0 Å². The summed E-state index contributed by atoms with van der Waals surface area (Å²) < 4.78 is 36.4. The number of halogens is 3. The van der Waals surface area contributed by atoms with Gasteiger partial charge in [-0.3, -0.25) is 4.99 Å². The minimum atomic E-state index is -3.09. The van der Waals surface area contributed by atoms with Crippen molar-refractivity contribution in [2.75, 3.05) is 32.4 Å². The van der Waals surface area contributed by atoms with Crippen molar-refractivity contribution in [3.8, 4) is 0 Å². The van der Waals surface area contributed by atoms with Crippen LogP contribution in [0, 0.1) is 5.82 Å². The van der Waals surface area contributed by atoms with Gasteiger partial charge in [0.25, 0.3) is 0 Å². The number of benzene rings is 1. The van der Waals surface area contributed by atoms with Gasteiger partial charge in [-0.15, -0.1) is 24.0 Å². The van der Waals surface area contributed by atoms with Gasteiger partial charge in [0, 0.05) is 31.7 Å². The molecule has 1 aromatic carbocycles. The molecule has 0 aliphatic carbocycles. The third-order valence-electron chi connectivity index (χ3n) is 4.25. The summed E-state index contributed by atoms with van der Waals surface area (Å²) in [6.07, 6.45) is 0.619. The number of guanidine groups is 1. The fraction of sp³-hybridized carbons (Fsp3) is 0.562. The Morgan fingerprint density at radius 2 is 2.12 bits per heavy atom. The summed E-state index contributed by atoms with van der Waals surface area (Å²) in [7, 11) is -1.42. The van der Waals surface area contributed by atoms with Crippen LogP contribution in [0.15, 0.2) is 23.2 Å². The predicted molar refractivity (Wildman–Crippen MR) is 111 cm³/mol. The Kier molecular flexibility index (Phi) is 7.94. The monoisotopic (exact) mass is 503 g/mol. The zero-order valence-electron chi connectivity index (χ0n) is 14.6. The molecule has 0 saturated carbocycles. The summed E-state index contributed by atoms with van der Waals surface area (Å²) in [5.41, 5.74) is 0.850. The van der Waals surface area contributed by atoms with Gasteiger partial charge in [-0.05, 0) is 38.0 Å². The van der Waals surface area contributed by atoms with E-state index in [1.807, 2.05) is 4.90 Å². The van der Waals surface area contributed by atoms with Gasteiger partial charge in [-0.2, -0.15) is 0 Å². The molecule has 5 nitrogen and oxygen atoms in total.